The number of aromatic nitrogens is 1. The first-order valence-corrected chi connectivity index (χ1v) is 6.41. The highest BCUT2D eigenvalue weighted by molar-refractivity contribution is 5.53. The molecule has 120 valence electrons. The molecule has 5 nitrogen and oxygen atoms in total. The smallest absolute Gasteiger partial charge is 0.411 e. The van der Waals surface area contributed by atoms with Crippen LogP contribution >= 0.6 is 0 Å². The van der Waals surface area contributed by atoms with Gasteiger partial charge in [-0.1, -0.05) is 0 Å². The molecule has 0 saturated carbocycles. The molecule has 0 bridgehead atoms. The summed E-state index contributed by atoms with van der Waals surface area (Å²) in [5.74, 6) is 0.739. The molecule has 0 amide bonds. The highest BCUT2D eigenvalue weighted by Crippen LogP contribution is 2.24. The molecule has 0 radical (unpaired) electrons. The Balaban J connectivity index is 2.47. The number of alkyl halides is 3. The zero-order chi connectivity index (χ0) is 16.1. The standard InChI is InChI=1S/C13H20F3N3O2/c1-12(2,3)21-11-9(17)4-5-10(19-11)18-6-7-20-8-13(14,15)16/h4-5H,6-8,17H2,1-3H3,(H,18,19). The number of nitrogens with one attached hydrogen (secondary N) is 1. The van der Waals surface area contributed by atoms with Gasteiger partial charge in [0.05, 0.1) is 12.3 Å². The van der Waals surface area contributed by atoms with Crippen LogP contribution in [-0.2, 0) is 4.74 Å². The molecule has 1 aromatic rings. The molecular weight excluding hydrogens is 287 g/mol. The predicted octanol–water partition coefficient (Wildman–Crippen LogP) is 2.83. The van der Waals surface area contributed by atoms with Gasteiger partial charge in [-0.15, -0.1) is 0 Å². The van der Waals surface area contributed by atoms with Gasteiger partial charge in [-0.25, -0.2) is 0 Å². The van der Waals surface area contributed by atoms with Gasteiger partial charge in [0.25, 0.3) is 0 Å². The Morgan fingerprint density at radius 3 is 2.48 bits per heavy atom. The van der Waals surface area contributed by atoms with Crippen LogP contribution in [0.25, 0.3) is 0 Å². The summed E-state index contributed by atoms with van der Waals surface area (Å²) >= 11 is 0. The van der Waals surface area contributed by atoms with Gasteiger partial charge in [-0.2, -0.15) is 18.2 Å². The summed E-state index contributed by atoms with van der Waals surface area (Å²) in [7, 11) is 0. The Morgan fingerprint density at radius 1 is 1.24 bits per heavy atom. The van der Waals surface area contributed by atoms with Gasteiger partial charge < -0.3 is 20.5 Å². The fourth-order valence-electron chi connectivity index (χ4n) is 1.36. The molecule has 3 N–H and O–H groups in total. The van der Waals surface area contributed by atoms with Crippen molar-refractivity contribution in [3.8, 4) is 5.88 Å². The van der Waals surface area contributed by atoms with Crippen LogP contribution in [-0.4, -0.2) is 36.5 Å². The molecule has 21 heavy (non-hydrogen) atoms. The van der Waals surface area contributed by atoms with Gasteiger partial charge in [-0.3, -0.25) is 0 Å². The van der Waals surface area contributed by atoms with E-state index in [0.29, 0.717) is 11.5 Å². The van der Waals surface area contributed by atoms with Gasteiger partial charge in [0, 0.05) is 6.54 Å². The quantitative estimate of drug-likeness (QED) is 0.791. The minimum atomic E-state index is -4.31. The molecule has 0 spiro atoms. The minimum Gasteiger partial charge on any atom is -0.470 e. The Labute approximate surface area is 121 Å². The lowest BCUT2D eigenvalue weighted by molar-refractivity contribution is -0.172. The van der Waals surface area contributed by atoms with E-state index in [4.69, 9.17) is 10.5 Å². The highest BCUT2D eigenvalue weighted by Gasteiger charge is 2.27. The average Bonchev–Trinajstić information content (AvgIpc) is 2.29. The first-order valence-electron chi connectivity index (χ1n) is 6.41. The number of anilines is 2. The van der Waals surface area contributed by atoms with Crippen molar-refractivity contribution in [1.29, 1.82) is 0 Å². The maximum atomic E-state index is 11.9. The zero-order valence-corrected chi connectivity index (χ0v) is 12.3. The van der Waals surface area contributed by atoms with Crippen LogP contribution in [0.4, 0.5) is 24.7 Å². The molecule has 0 fully saturated rings. The summed E-state index contributed by atoms with van der Waals surface area (Å²) in [6.45, 7) is 4.43. The molecule has 0 atom stereocenters. The molecule has 0 aliphatic rings. The second-order valence-electron chi connectivity index (χ2n) is 5.40. The third-order valence-corrected chi connectivity index (χ3v) is 2.11. The van der Waals surface area contributed by atoms with Gasteiger partial charge >= 0.3 is 6.18 Å². The number of nitrogens with zero attached hydrogens (tertiary/aromatic N) is 1. The largest absolute Gasteiger partial charge is 0.470 e. The van der Waals surface area contributed by atoms with Crippen molar-refractivity contribution in [2.45, 2.75) is 32.5 Å². The van der Waals surface area contributed by atoms with E-state index in [9.17, 15) is 13.2 Å². The van der Waals surface area contributed by atoms with Gasteiger partial charge in [0.1, 0.15) is 18.0 Å². The number of hydrogen-bond donors (Lipinski definition) is 2. The monoisotopic (exact) mass is 307 g/mol. The maximum absolute atomic E-state index is 11.9. The first kappa shape index (κ1) is 17.4. The van der Waals surface area contributed by atoms with Crippen LogP contribution < -0.4 is 15.8 Å². The van der Waals surface area contributed by atoms with Crippen molar-refractivity contribution in [2.75, 3.05) is 30.8 Å². The molecule has 8 heteroatoms. The summed E-state index contributed by atoms with van der Waals surface area (Å²) in [6.07, 6.45) is -4.31. The lowest BCUT2D eigenvalue weighted by atomic mass is 10.2. The SMILES string of the molecule is CC(C)(C)Oc1nc(NCCOCC(F)(F)F)ccc1N. The van der Waals surface area contributed by atoms with Crippen LogP contribution in [0.3, 0.4) is 0 Å². The van der Waals surface area contributed by atoms with Crippen LogP contribution in [0.15, 0.2) is 12.1 Å². The number of nitrogens with two attached hydrogens (primary N) is 1. The normalized spacial score (nSPS) is 12.3. The summed E-state index contributed by atoms with van der Waals surface area (Å²) in [4.78, 5) is 4.17. The number of hydrogen-bond acceptors (Lipinski definition) is 5. The summed E-state index contributed by atoms with van der Waals surface area (Å²) in [5.41, 5.74) is 5.70. The Hall–Kier alpha value is -1.70. The third-order valence-electron chi connectivity index (χ3n) is 2.11. The van der Waals surface area contributed by atoms with E-state index in [2.05, 4.69) is 15.0 Å². The molecule has 0 unspecified atom stereocenters. The summed E-state index contributed by atoms with van der Waals surface area (Å²) in [6, 6.07) is 3.24. The molecule has 1 aromatic heterocycles. The fraction of sp³-hybridized carbons (Fsp3) is 0.615. The molecule has 0 saturated heterocycles. The van der Waals surface area contributed by atoms with E-state index in [0.717, 1.165) is 0 Å². The molecule has 1 heterocycles. The molecule has 1 rings (SSSR count). The second-order valence-corrected chi connectivity index (χ2v) is 5.40. The van der Waals surface area contributed by atoms with Crippen LogP contribution in [0.1, 0.15) is 20.8 Å². The van der Waals surface area contributed by atoms with Crippen LogP contribution in [0, 0.1) is 0 Å². The van der Waals surface area contributed by atoms with E-state index in [-0.39, 0.29) is 19.0 Å². The van der Waals surface area contributed by atoms with E-state index in [1.165, 1.54) is 0 Å². The van der Waals surface area contributed by atoms with E-state index in [1.807, 2.05) is 20.8 Å². The maximum Gasteiger partial charge on any atom is 0.411 e. The summed E-state index contributed by atoms with van der Waals surface area (Å²) < 4.78 is 45.7. The molecule has 0 aliphatic heterocycles. The lowest BCUT2D eigenvalue weighted by Crippen LogP contribution is -2.24. The number of pyridine rings is 1. The topological polar surface area (TPSA) is 69.4 Å². The van der Waals surface area contributed by atoms with Crippen molar-refractivity contribution < 1.29 is 22.6 Å². The number of nitrogen functional groups attached to an aromatic ring is 1. The number of ether oxygens (including phenoxy) is 2. The number of halogens is 3. The molecule has 0 aromatic carbocycles. The highest BCUT2D eigenvalue weighted by atomic mass is 19.4. The van der Waals surface area contributed by atoms with Crippen molar-refractivity contribution in [3.05, 3.63) is 12.1 Å². The van der Waals surface area contributed by atoms with E-state index in [1.54, 1.807) is 12.1 Å². The van der Waals surface area contributed by atoms with Gasteiger partial charge in [-0.05, 0) is 32.9 Å². The third kappa shape index (κ3) is 7.60. The van der Waals surface area contributed by atoms with E-state index < -0.39 is 18.4 Å². The van der Waals surface area contributed by atoms with E-state index >= 15 is 0 Å². The zero-order valence-electron chi connectivity index (χ0n) is 12.3. The predicted molar refractivity (Wildman–Crippen MR) is 74.4 cm³/mol. The minimum absolute atomic E-state index is 0.0823. The van der Waals surface area contributed by atoms with Crippen molar-refractivity contribution in [1.82, 2.24) is 4.98 Å². The van der Waals surface area contributed by atoms with Gasteiger partial charge in [0.15, 0.2) is 0 Å². The second kappa shape index (κ2) is 6.84. The van der Waals surface area contributed by atoms with Gasteiger partial charge in [0.2, 0.25) is 5.88 Å². The lowest BCUT2D eigenvalue weighted by Gasteiger charge is -2.21. The Bertz CT molecular complexity index is 459. The Kier molecular flexibility index (Phi) is 5.65. The van der Waals surface area contributed by atoms with Crippen molar-refractivity contribution >= 4 is 11.5 Å². The number of rotatable bonds is 6. The molecular formula is C13H20F3N3O2. The van der Waals surface area contributed by atoms with Crippen LogP contribution in [0.5, 0.6) is 5.88 Å². The molecule has 0 aliphatic carbocycles. The van der Waals surface area contributed by atoms with Crippen molar-refractivity contribution in [2.24, 2.45) is 0 Å². The first-order chi connectivity index (χ1) is 9.57. The van der Waals surface area contributed by atoms with Crippen molar-refractivity contribution in [3.63, 3.8) is 0 Å². The Morgan fingerprint density at radius 2 is 1.90 bits per heavy atom. The summed E-state index contributed by atoms with van der Waals surface area (Å²) in [5, 5.41) is 2.85. The van der Waals surface area contributed by atoms with Crippen LogP contribution in [0.2, 0.25) is 0 Å². The fourth-order valence-corrected chi connectivity index (χ4v) is 1.36. The average molecular weight is 307 g/mol.